The van der Waals surface area contributed by atoms with E-state index >= 15 is 0 Å². The van der Waals surface area contributed by atoms with Crippen molar-refractivity contribution in [3.63, 3.8) is 0 Å². The molecule has 0 saturated heterocycles. The van der Waals surface area contributed by atoms with E-state index < -0.39 is 5.97 Å². The van der Waals surface area contributed by atoms with Crippen molar-refractivity contribution in [1.82, 2.24) is 9.97 Å². The Hall–Kier alpha value is -1.62. The third-order valence-corrected chi connectivity index (χ3v) is 3.91. The molecule has 5 heteroatoms. The van der Waals surface area contributed by atoms with Crippen LogP contribution in [0, 0.1) is 5.92 Å². The van der Waals surface area contributed by atoms with Crippen LogP contribution in [-0.4, -0.2) is 21.0 Å². The van der Waals surface area contributed by atoms with Gasteiger partial charge in [-0.15, -0.1) is 0 Å². The smallest absolute Gasteiger partial charge is 0.307 e. The number of hydrogen-bond donors (Lipinski definition) is 2. The van der Waals surface area contributed by atoms with Gasteiger partial charge in [0.05, 0.1) is 17.8 Å². The van der Waals surface area contributed by atoms with E-state index in [1.165, 1.54) is 0 Å². The first kappa shape index (κ1) is 11.5. The lowest BCUT2D eigenvalue weighted by molar-refractivity contribution is -0.138. The Morgan fingerprint density at radius 1 is 1.44 bits per heavy atom. The molecule has 1 aliphatic rings. The maximum atomic E-state index is 10.8. The Labute approximate surface area is 112 Å². The number of aromatic amines is 1. The third-order valence-electron chi connectivity index (χ3n) is 3.22. The van der Waals surface area contributed by atoms with E-state index in [9.17, 15) is 4.79 Å². The molecule has 2 aromatic rings. The number of carboxylic acids is 1. The number of hydrogen-bond acceptors (Lipinski definition) is 2. The van der Waals surface area contributed by atoms with Crippen LogP contribution in [0.4, 0.5) is 0 Å². The minimum absolute atomic E-state index is 0.0405. The van der Waals surface area contributed by atoms with Crippen LogP contribution in [0.25, 0.3) is 11.3 Å². The normalized spacial score (nSPS) is 21.8. The summed E-state index contributed by atoms with van der Waals surface area (Å²) in [5.74, 6) is -0.200. The van der Waals surface area contributed by atoms with Crippen molar-refractivity contribution >= 4 is 21.9 Å². The Morgan fingerprint density at radius 2 is 2.22 bits per heavy atom. The molecule has 0 bridgehead atoms. The van der Waals surface area contributed by atoms with Crippen molar-refractivity contribution in [2.24, 2.45) is 5.92 Å². The number of imidazole rings is 1. The quantitative estimate of drug-likeness (QED) is 0.916. The van der Waals surface area contributed by atoms with Gasteiger partial charge in [-0.3, -0.25) is 4.79 Å². The van der Waals surface area contributed by atoms with Crippen LogP contribution >= 0.6 is 15.9 Å². The molecule has 18 heavy (non-hydrogen) atoms. The fourth-order valence-electron chi connectivity index (χ4n) is 2.11. The SMILES string of the molecule is O=C(O)C1CC1c1ncc(-c2ccccc2Br)[nH]1. The molecule has 2 atom stereocenters. The van der Waals surface area contributed by atoms with Gasteiger partial charge in [0.15, 0.2) is 0 Å². The van der Waals surface area contributed by atoms with Crippen LogP contribution in [0.15, 0.2) is 34.9 Å². The monoisotopic (exact) mass is 306 g/mol. The summed E-state index contributed by atoms with van der Waals surface area (Å²) in [5, 5.41) is 8.90. The van der Waals surface area contributed by atoms with E-state index in [0.29, 0.717) is 6.42 Å². The molecule has 0 amide bonds. The molecule has 1 saturated carbocycles. The second-order valence-electron chi connectivity index (χ2n) is 4.45. The maximum absolute atomic E-state index is 10.8. The number of nitrogens with one attached hydrogen (secondary N) is 1. The van der Waals surface area contributed by atoms with E-state index in [-0.39, 0.29) is 11.8 Å². The molecule has 0 spiro atoms. The molecule has 1 fully saturated rings. The maximum Gasteiger partial charge on any atom is 0.307 e. The van der Waals surface area contributed by atoms with E-state index in [4.69, 9.17) is 5.11 Å². The number of carboxylic acid groups (broad SMARTS) is 1. The fourth-order valence-corrected chi connectivity index (χ4v) is 2.61. The molecule has 4 nitrogen and oxygen atoms in total. The van der Waals surface area contributed by atoms with E-state index in [0.717, 1.165) is 21.6 Å². The summed E-state index contributed by atoms with van der Waals surface area (Å²) >= 11 is 3.49. The number of halogens is 1. The zero-order valence-corrected chi connectivity index (χ0v) is 11.0. The molecule has 0 radical (unpaired) electrons. The molecule has 1 aromatic carbocycles. The van der Waals surface area contributed by atoms with Crippen molar-refractivity contribution in [2.75, 3.05) is 0 Å². The minimum Gasteiger partial charge on any atom is -0.481 e. The number of H-pyrrole nitrogens is 1. The summed E-state index contributed by atoms with van der Waals surface area (Å²) in [6, 6.07) is 7.86. The van der Waals surface area contributed by atoms with Crippen LogP contribution in [0.1, 0.15) is 18.2 Å². The first-order chi connectivity index (χ1) is 8.66. The van der Waals surface area contributed by atoms with Gasteiger partial charge in [0.25, 0.3) is 0 Å². The average Bonchev–Trinajstić information content (AvgIpc) is 3.02. The molecule has 0 aliphatic heterocycles. The highest BCUT2D eigenvalue weighted by molar-refractivity contribution is 9.10. The molecular formula is C13H11BrN2O2. The van der Waals surface area contributed by atoms with Gasteiger partial charge in [0.1, 0.15) is 5.82 Å². The molecule has 92 valence electrons. The van der Waals surface area contributed by atoms with E-state index in [2.05, 4.69) is 25.9 Å². The number of nitrogens with zero attached hydrogens (tertiary/aromatic N) is 1. The van der Waals surface area contributed by atoms with Crippen LogP contribution in [-0.2, 0) is 4.79 Å². The Bertz CT molecular complexity index is 609. The predicted octanol–water partition coefficient (Wildman–Crippen LogP) is 3.03. The molecule has 2 N–H and O–H groups in total. The van der Waals surface area contributed by atoms with Crippen LogP contribution in [0.2, 0.25) is 0 Å². The number of aliphatic carboxylic acids is 1. The fraction of sp³-hybridized carbons (Fsp3) is 0.231. The van der Waals surface area contributed by atoms with Crippen LogP contribution in [0.5, 0.6) is 0 Å². The highest BCUT2D eigenvalue weighted by Crippen LogP contribution is 2.46. The van der Waals surface area contributed by atoms with Crippen molar-refractivity contribution < 1.29 is 9.90 Å². The largest absolute Gasteiger partial charge is 0.481 e. The van der Waals surface area contributed by atoms with Crippen molar-refractivity contribution in [1.29, 1.82) is 0 Å². The van der Waals surface area contributed by atoms with Gasteiger partial charge < -0.3 is 10.1 Å². The molecular weight excluding hydrogens is 296 g/mol. The number of aromatic nitrogens is 2. The average molecular weight is 307 g/mol. The first-order valence-electron chi connectivity index (χ1n) is 5.69. The summed E-state index contributed by atoms with van der Waals surface area (Å²) < 4.78 is 0.991. The topological polar surface area (TPSA) is 66.0 Å². The summed E-state index contributed by atoms with van der Waals surface area (Å²) in [5.41, 5.74) is 1.94. The summed E-state index contributed by atoms with van der Waals surface area (Å²) in [6.07, 6.45) is 2.44. The van der Waals surface area contributed by atoms with Gasteiger partial charge in [-0.1, -0.05) is 34.1 Å². The Morgan fingerprint density at radius 3 is 2.89 bits per heavy atom. The van der Waals surface area contributed by atoms with Gasteiger partial charge in [-0.2, -0.15) is 0 Å². The van der Waals surface area contributed by atoms with Crippen molar-refractivity contribution in [3.05, 3.63) is 40.8 Å². The highest BCUT2D eigenvalue weighted by Gasteiger charge is 2.46. The number of carbonyl (C=O) groups is 1. The lowest BCUT2D eigenvalue weighted by Gasteiger charge is -2.00. The number of benzene rings is 1. The second kappa shape index (κ2) is 4.24. The molecule has 2 unspecified atom stereocenters. The highest BCUT2D eigenvalue weighted by atomic mass is 79.9. The molecule has 1 aromatic heterocycles. The molecule has 3 rings (SSSR count). The summed E-state index contributed by atoms with van der Waals surface area (Å²) in [7, 11) is 0. The molecule has 1 heterocycles. The number of rotatable bonds is 3. The molecule has 1 aliphatic carbocycles. The van der Waals surface area contributed by atoms with E-state index in [1.807, 2.05) is 24.3 Å². The lowest BCUT2D eigenvalue weighted by Crippen LogP contribution is -1.99. The van der Waals surface area contributed by atoms with Crippen molar-refractivity contribution in [2.45, 2.75) is 12.3 Å². The summed E-state index contributed by atoms with van der Waals surface area (Å²) in [4.78, 5) is 18.3. The standard InChI is InChI=1S/C13H11BrN2O2/c14-10-4-2-1-3-7(10)11-6-15-12(16-11)8-5-9(8)13(17)18/h1-4,6,8-9H,5H2,(H,15,16)(H,17,18). The zero-order valence-electron chi connectivity index (χ0n) is 9.43. The van der Waals surface area contributed by atoms with Crippen LogP contribution < -0.4 is 0 Å². The van der Waals surface area contributed by atoms with Gasteiger partial charge in [-0.25, -0.2) is 4.98 Å². The lowest BCUT2D eigenvalue weighted by atomic mass is 10.2. The summed E-state index contributed by atoms with van der Waals surface area (Å²) in [6.45, 7) is 0. The van der Waals surface area contributed by atoms with Crippen LogP contribution in [0.3, 0.4) is 0 Å². The van der Waals surface area contributed by atoms with Gasteiger partial charge in [0.2, 0.25) is 0 Å². The first-order valence-corrected chi connectivity index (χ1v) is 6.48. The van der Waals surface area contributed by atoms with E-state index in [1.54, 1.807) is 6.20 Å². The van der Waals surface area contributed by atoms with Gasteiger partial charge in [-0.05, 0) is 12.5 Å². The predicted molar refractivity (Wildman–Crippen MR) is 70.2 cm³/mol. The van der Waals surface area contributed by atoms with Crippen molar-refractivity contribution in [3.8, 4) is 11.3 Å². The Balaban J connectivity index is 1.87. The second-order valence-corrected chi connectivity index (χ2v) is 5.30. The third kappa shape index (κ3) is 1.95. The van der Waals surface area contributed by atoms with Gasteiger partial charge in [0, 0.05) is 16.0 Å². The Kier molecular flexibility index (Phi) is 2.70. The van der Waals surface area contributed by atoms with Gasteiger partial charge >= 0.3 is 5.97 Å². The zero-order chi connectivity index (χ0) is 12.7. The minimum atomic E-state index is -0.737.